The number of nitrogens with one attached hydrogen (secondary N) is 1. The van der Waals surface area contributed by atoms with Crippen LogP contribution in [0.15, 0.2) is 16.9 Å². The van der Waals surface area contributed by atoms with Crippen LogP contribution in [0, 0.1) is 57.7 Å². The van der Waals surface area contributed by atoms with Crippen LogP contribution in [-0.4, -0.2) is 110 Å². The predicted octanol–water partition coefficient (Wildman–Crippen LogP) is 0.276. The number of carbonyl (C=O) groups is 4. The minimum Gasteiger partial charge on any atom is -0.459 e. The number of esters is 2. The minimum atomic E-state index is -2.15. The number of nitrogens with zero attached hydrogens (tertiary/aromatic N) is 3. The zero-order valence-corrected chi connectivity index (χ0v) is 29.5. The molecule has 0 bridgehead atoms. The number of carbonyl (C=O) groups excluding carboxylic acids is 4. The van der Waals surface area contributed by atoms with Crippen molar-refractivity contribution >= 4 is 23.6 Å². The Balaban J connectivity index is 1.43. The fourth-order valence-electron chi connectivity index (χ4n) is 12.5. The average molecular weight is 717 g/mol. The highest BCUT2D eigenvalue weighted by Crippen LogP contribution is 2.75. The Morgan fingerprint density at radius 3 is 2.37 bits per heavy atom. The van der Waals surface area contributed by atoms with Crippen molar-refractivity contribution in [3.63, 3.8) is 0 Å². The van der Waals surface area contributed by atoms with E-state index in [1.807, 2.05) is 0 Å². The molecule has 2 saturated heterocycles. The molecule has 5 aliphatic carbocycles. The van der Waals surface area contributed by atoms with Gasteiger partial charge in [0.05, 0.1) is 41.3 Å². The second-order valence-corrected chi connectivity index (χ2v) is 16.7. The lowest BCUT2D eigenvalue weighted by Crippen LogP contribution is -2.77. The molecular weight excluding hydrogens is 668 g/mol. The van der Waals surface area contributed by atoms with Crippen LogP contribution in [0.25, 0.3) is 10.4 Å². The number of amides is 1. The highest BCUT2D eigenvalue weighted by Gasteiger charge is 2.84. The third-order valence-corrected chi connectivity index (χ3v) is 14.7. The Morgan fingerprint density at radius 1 is 1.06 bits per heavy atom. The molecule has 4 saturated carbocycles. The van der Waals surface area contributed by atoms with Crippen molar-refractivity contribution in [3.8, 4) is 0 Å². The van der Waals surface area contributed by atoms with Crippen molar-refractivity contribution < 1.29 is 58.9 Å². The standard InChI is InChI=1S/C35H48N4O12/c1-12-10-17-33(5,34(6,48)31(47)51-17)23-20(12)35(13(2)40)21(26(23)44)19-22(28(30(35)46)49-14(3)41)32(4)15(11-16-27(50-16)29(32)45)24(25(19)43)38-18(42)8-7-9-37-39-36/h10,12,15-16,19-30,43-46,48H,7-9,11H2,1-6H3,(H,38,42)/t12-,15?,16+,19+,20+,21-,22-,23+,24+,25-,26-,27+,28+,29+,30+,32+,33+,34-,35-/m1/s1. The van der Waals surface area contributed by atoms with Gasteiger partial charge in [-0.1, -0.05) is 19.0 Å². The van der Waals surface area contributed by atoms with Gasteiger partial charge in [-0.15, -0.1) is 0 Å². The molecule has 0 spiro atoms. The third-order valence-electron chi connectivity index (χ3n) is 14.7. The molecule has 6 fully saturated rings. The van der Waals surface area contributed by atoms with Crippen molar-refractivity contribution in [2.45, 2.75) is 115 Å². The number of ketones is 1. The van der Waals surface area contributed by atoms with E-state index in [0.29, 0.717) is 6.42 Å². The normalized spacial score (nSPS) is 53.0. The Bertz CT molecular complexity index is 1630. The fourth-order valence-corrected chi connectivity index (χ4v) is 12.5. The van der Waals surface area contributed by atoms with E-state index in [9.17, 15) is 44.7 Å². The fraction of sp³-hybridized carbons (Fsp3) is 0.829. The van der Waals surface area contributed by atoms with Gasteiger partial charge in [0.15, 0.2) is 5.60 Å². The van der Waals surface area contributed by atoms with Gasteiger partial charge in [0, 0.05) is 53.9 Å². The Kier molecular flexibility index (Phi) is 8.31. The molecule has 6 N–H and O–H groups in total. The number of epoxide rings is 1. The summed E-state index contributed by atoms with van der Waals surface area (Å²) in [5.41, 5.74) is 1.73. The first-order valence-corrected chi connectivity index (χ1v) is 17.9. The molecule has 0 aromatic heterocycles. The van der Waals surface area contributed by atoms with E-state index in [0.717, 1.165) is 6.92 Å². The largest absolute Gasteiger partial charge is 0.459 e. The Morgan fingerprint density at radius 2 is 1.75 bits per heavy atom. The second kappa shape index (κ2) is 11.7. The summed E-state index contributed by atoms with van der Waals surface area (Å²) in [7, 11) is 0. The maximum atomic E-state index is 14.5. The van der Waals surface area contributed by atoms with Gasteiger partial charge in [0.2, 0.25) is 5.91 Å². The van der Waals surface area contributed by atoms with E-state index in [1.54, 1.807) is 26.8 Å². The van der Waals surface area contributed by atoms with Crippen LogP contribution in [0.4, 0.5) is 0 Å². The zero-order chi connectivity index (χ0) is 37.3. The number of rotatable bonds is 7. The van der Waals surface area contributed by atoms with Gasteiger partial charge in [0.1, 0.15) is 29.9 Å². The summed E-state index contributed by atoms with van der Waals surface area (Å²) in [6.45, 7) is 8.89. The van der Waals surface area contributed by atoms with Gasteiger partial charge in [-0.3, -0.25) is 14.4 Å². The van der Waals surface area contributed by atoms with Crippen molar-refractivity contribution in [2.75, 3.05) is 6.54 Å². The van der Waals surface area contributed by atoms with Crippen molar-refractivity contribution in [3.05, 3.63) is 22.3 Å². The highest BCUT2D eigenvalue weighted by atomic mass is 16.6. The van der Waals surface area contributed by atoms with Crippen LogP contribution < -0.4 is 5.32 Å². The molecule has 0 aromatic carbocycles. The van der Waals surface area contributed by atoms with Crippen LogP contribution in [-0.2, 0) is 33.4 Å². The zero-order valence-electron chi connectivity index (χ0n) is 29.5. The van der Waals surface area contributed by atoms with E-state index in [2.05, 4.69) is 15.3 Å². The number of hydrogen-bond acceptors (Lipinski definition) is 13. The van der Waals surface area contributed by atoms with Crippen LogP contribution >= 0.6 is 0 Å². The molecule has 19 atom stereocenters. The lowest BCUT2D eigenvalue weighted by molar-refractivity contribution is -0.278. The van der Waals surface area contributed by atoms with Crippen LogP contribution in [0.5, 0.6) is 0 Å². The molecule has 280 valence electrons. The van der Waals surface area contributed by atoms with Crippen LogP contribution in [0.3, 0.4) is 0 Å². The Labute approximate surface area is 294 Å². The maximum Gasteiger partial charge on any atom is 0.343 e. The molecule has 16 heteroatoms. The van der Waals surface area contributed by atoms with Gasteiger partial charge in [0.25, 0.3) is 0 Å². The molecular formula is C35H48N4O12. The number of Topliss-reactive ketones (excluding diaryl/α,β-unsaturated/α-hetero) is 1. The molecule has 2 heterocycles. The molecule has 7 aliphatic rings. The van der Waals surface area contributed by atoms with Gasteiger partial charge < -0.3 is 45.1 Å². The van der Waals surface area contributed by atoms with Crippen LogP contribution in [0.2, 0.25) is 0 Å². The first-order chi connectivity index (χ1) is 23.8. The van der Waals surface area contributed by atoms with Gasteiger partial charge in [-0.05, 0) is 63.0 Å². The number of azide groups is 1. The molecule has 0 radical (unpaired) electrons. The van der Waals surface area contributed by atoms with Crippen LogP contribution in [0.1, 0.15) is 60.8 Å². The summed E-state index contributed by atoms with van der Waals surface area (Å²) < 4.78 is 17.4. The molecule has 2 aliphatic heterocycles. The smallest absolute Gasteiger partial charge is 0.343 e. The van der Waals surface area contributed by atoms with Gasteiger partial charge >= 0.3 is 11.9 Å². The summed E-state index contributed by atoms with van der Waals surface area (Å²) in [5.74, 6) is -9.39. The predicted molar refractivity (Wildman–Crippen MR) is 172 cm³/mol. The topological polar surface area (TPSA) is 261 Å². The Hall–Kier alpha value is -3.11. The molecule has 1 amide bonds. The monoisotopic (exact) mass is 716 g/mol. The van der Waals surface area contributed by atoms with Gasteiger partial charge in [-0.2, -0.15) is 0 Å². The summed E-state index contributed by atoms with van der Waals surface area (Å²) >= 11 is 0. The molecule has 0 aromatic rings. The van der Waals surface area contributed by atoms with E-state index >= 15 is 0 Å². The van der Waals surface area contributed by atoms with E-state index in [4.69, 9.17) is 19.7 Å². The first-order valence-electron chi connectivity index (χ1n) is 17.9. The lowest BCUT2D eigenvalue weighted by atomic mass is 9.39. The molecule has 1 unspecified atom stereocenters. The summed E-state index contributed by atoms with van der Waals surface area (Å²) in [5, 5.41) is 68.4. The maximum absolute atomic E-state index is 14.5. The number of hydrogen-bond donors (Lipinski definition) is 6. The number of allylic oxidation sites excluding steroid dienone is 1. The van der Waals surface area contributed by atoms with E-state index in [-0.39, 0.29) is 31.2 Å². The van der Waals surface area contributed by atoms with Crippen molar-refractivity contribution in [1.29, 1.82) is 0 Å². The molecule has 16 nitrogen and oxygen atoms in total. The summed E-state index contributed by atoms with van der Waals surface area (Å²) in [6.07, 6.45) is -6.31. The lowest BCUT2D eigenvalue weighted by Gasteiger charge is -2.67. The number of aliphatic hydroxyl groups excluding tert-OH is 4. The number of ether oxygens (including phenoxy) is 3. The second-order valence-electron chi connectivity index (χ2n) is 16.7. The third kappa shape index (κ3) is 4.44. The first kappa shape index (κ1) is 36.3. The van der Waals surface area contributed by atoms with E-state index < -0.39 is 130 Å². The molecule has 7 rings (SSSR count). The van der Waals surface area contributed by atoms with E-state index in [1.165, 1.54) is 13.8 Å². The SMILES string of the molecule is CC(=O)O[C@H]1[C@H]2[C@@H]([C@@H](O)[C@@H](NC(=O)CCCN=[N+]=[N-])C3C[C@@H]4O[C@@H]4[C@H](O)[C@@]32C)[C@@H]2[C@@H](O)[C@@H]3[C@H]([C@H](C)C=C4OC(=O)[C@@](C)(O)[C@@]43C)[C@@]2(C(C)=O)[C@H]1O. The van der Waals surface area contributed by atoms with Gasteiger partial charge in [-0.25, -0.2) is 4.79 Å². The quantitative estimate of drug-likeness (QED) is 0.0518. The minimum absolute atomic E-state index is 0.0410. The van der Waals surface area contributed by atoms with Crippen molar-refractivity contribution in [2.24, 2.45) is 62.8 Å². The number of fused-ring (bicyclic) bond motifs is 10. The average Bonchev–Trinajstić information content (AvgIpc) is 3.74. The molecule has 51 heavy (non-hydrogen) atoms. The summed E-state index contributed by atoms with van der Waals surface area (Å²) in [6, 6.07) is -1.04. The summed E-state index contributed by atoms with van der Waals surface area (Å²) in [4.78, 5) is 56.6. The number of aliphatic hydroxyl groups is 5. The highest BCUT2D eigenvalue weighted by molar-refractivity contribution is 5.88. The van der Waals surface area contributed by atoms with Crippen molar-refractivity contribution in [1.82, 2.24) is 5.32 Å².